The maximum atomic E-state index is 12.2. The van der Waals surface area contributed by atoms with Gasteiger partial charge in [-0.05, 0) is 44.9 Å². The zero-order valence-corrected chi connectivity index (χ0v) is 16.2. The van der Waals surface area contributed by atoms with Crippen LogP contribution >= 0.6 is 0 Å². The van der Waals surface area contributed by atoms with Crippen LogP contribution in [0, 0.1) is 0 Å². The predicted molar refractivity (Wildman–Crippen MR) is 95.2 cm³/mol. The summed E-state index contributed by atoms with van der Waals surface area (Å²) in [4.78, 5) is 23.4. The van der Waals surface area contributed by atoms with E-state index < -0.39 is 36.5 Å². The number of carbonyl (C=O) groups excluding carboxylic acids is 2. The number of nitrogens with one attached hydrogen (secondary N) is 1. The molecule has 3 atom stereocenters. The number of benzene rings is 1. The minimum Gasteiger partial charge on any atom is -0.457 e. The largest absolute Gasteiger partial charge is 0.509 e. The van der Waals surface area contributed by atoms with Gasteiger partial charge in [-0.15, -0.1) is 0 Å². The molecule has 2 rings (SSSR count). The molecular formula is C19H25F2NO6. The first-order valence-corrected chi connectivity index (χ1v) is 8.87. The van der Waals surface area contributed by atoms with Crippen LogP contribution in [0.3, 0.4) is 0 Å². The summed E-state index contributed by atoms with van der Waals surface area (Å²) in [6.45, 7) is 3.82. The number of esters is 1. The fourth-order valence-electron chi connectivity index (χ4n) is 2.86. The van der Waals surface area contributed by atoms with E-state index in [9.17, 15) is 18.4 Å². The van der Waals surface area contributed by atoms with Crippen molar-refractivity contribution in [2.75, 3.05) is 6.54 Å². The Labute approximate surface area is 162 Å². The summed E-state index contributed by atoms with van der Waals surface area (Å²) < 4.78 is 44.6. The second-order valence-corrected chi connectivity index (χ2v) is 7.44. The molecule has 0 saturated carbocycles. The Hall–Kier alpha value is -2.42. The lowest BCUT2D eigenvalue weighted by molar-refractivity contribution is -0.152. The van der Waals surface area contributed by atoms with Crippen molar-refractivity contribution in [1.29, 1.82) is 0 Å². The third kappa shape index (κ3) is 6.95. The monoisotopic (exact) mass is 401 g/mol. The minimum atomic E-state index is -2.89. The third-order valence-electron chi connectivity index (χ3n) is 3.89. The molecule has 1 aromatic rings. The number of hydrogen-bond acceptors (Lipinski definition) is 7. The average Bonchev–Trinajstić information content (AvgIpc) is 2.88. The van der Waals surface area contributed by atoms with E-state index in [0.717, 1.165) is 5.56 Å². The van der Waals surface area contributed by atoms with Crippen molar-refractivity contribution in [1.82, 2.24) is 5.32 Å². The van der Waals surface area contributed by atoms with Crippen molar-refractivity contribution >= 4 is 12.1 Å². The van der Waals surface area contributed by atoms with Crippen molar-refractivity contribution in [3.63, 3.8) is 0 Å². The maximum absolute atomic E-state index is 12.2. The number of halogens is 2. The van der Waals surface area contributed by atoms with Crippen molar-refractivity contribution < 1.29 is 37.3 Å². The molecule has 1 aliphatic heterocycles. The minimum absolute atomic E-state index is 0.0563. The van der Waals surface area contributed by atoms with E-state index >= 15 is 0 Å². The second kappa shape index (κ2) is 9.18. The van der Waals surface area contributed by atoms with Crippen molar-refractivity contribution in [3.8, 4) is 5.75 Å². The molecule has 1 saturated heterocycles. The molecule has 0 radical (unpaired) electrons. The van der Waals surface area contributed by atoms with Gasteiger partial charge >= 0.3 is 18.7 Å². The second-order valence-electron chi connectivity index (χ2n) is 7.44. The molecule has 0 spiro atoms. The van der Waals surface area contributed by atoms with Crippen molar-refractivity contribution in [2.24, 2.45) is 0 Å². The summed E-state index contributed by atoms with van der Waals surface area (Å²) in [5.74, 6) is -0.446. The molecule has 0 unspecified atom stereocenters. The van der Waals surface area contributed by atoms with Crippen LogP contribution in [0.4, 0.5) is 13.6 Å². The first kappa shape index (κ1) is 21.9. The van der Waals surface area contributed by atoms with E-state index in [4.69, 9.17) is 14.2 Å². The van der Waals surface area contributed by atoms with Gasteiger partial charge in [-0.25, -0.2) is 4.79 Å². The van der Waals surface area contributed by atoms with Gasteiger partial charge in [0, 0.05) is 13.5 Å². The molecule has 156 valence electrons. The highest BCUT2D eigenvalue weighted by molar-refractivity contribution is 5.66. The highest BCUT2D eigenvalue weighted by atomic mass is 19.3. The third-order valence-corrected chi connectivity index (χ3v) is 3.89. The molecule has 1 heterocycles. The number of rotatable bonds is 6. The summed E-state index contributed by atoms with van der Waals surface area (Å²) in [5.41, 5.74) is 0.107. The first-order chi connectivity index (χ1) is 13.0. The van der Waals surface area contributed by atoms with Crippen molar-refractivity contribution in [2.45, 2.75) is 64.6 Å². The fraction of sp³-hybridized carbons (Fsp3) is 0.579. The summed E-state index contributed by atoms with van der Waals surface area (Å²) in [6, 6.07) is 5.84. The highest BCUT2D eigenvalue weighted by Gasteiger charge is 2.41. The molecule has 1 fully saturated rings. The number of ether oxygens (including phenoxy) is 4. The van der Waals surface area contributed by atoms with E-state index in [1.165, 1.54) is 19.1 Å². The standard InChI is InChI=1S/C19H25F2NO6/c1-11(23)25-16-14(9-12-5-7-13(8-6-12)26-17(20)21)22-10-15(16)27-18(24)28-19(2,3)4/h5-8,14-17,22H,9-10H2,1-4H3/t14-,15+,16+/m1/s1. The topological polar surface area (TPSA) is 83.1 Å². The molecule has 7 nitrogen and oxygen atoms in total. The van der Waals surface area contributed by atoms with Crippen LogP contribution in [-0.2, 0) is 25.4 Å². The van der Waals surface area contributed by atoms with Crippen LogP contribution in [0.5, 0.6) is 5.75 Å². The molecule has 0 aromatic heterocycles. The average molecular weight is 401 g/mol. The highest BCUT2D eigenvalue weighted by Crippen LogP contribution is 2.23. The normalized spacial score (nSPS) is 22.0. The summed E-state index contributed by atoms with van der Waals surface area (Å²) in [6.07, 6.45) is -1.82. The quantitative estimate of drug-likeness (QED) is 0.734. The van der Waals surface area contributed by atoms with E-state index in [1.807, 2.05) is 0 Å². The Balaban J connectivity index is 2.02. The van der Waals surface area contributed by atoms with E-state index in [2.05, 4.69) is 10.1 Å². The van der Waals surface area contributed by atoms with Gasteiger partial charge in [-0.3, -0.25) is 4.79 Å². The van der Waals surface area contributed by atoms with Crippen LogP contribution < -0.4 is 10.1 Å². The van der Waals surface area contributed by atoms with Gasteiger partial charge in [-0.2, -0.15) is 8.78 Å². The number of hydrogen-bond donors (Lipinski definition) is 1. The molecule has 1 aromatic carbocycles. The van der Waals surface area contributed by atoms with Gasteiger partial charge < -0.3 is 24.3 Å². The lowest BCUT2D eigenvalue weighted by Gasteiger charge is -2.25. The molecule has 1 N–H and O–H groups in total. The number of carbonyl (C=O) groups is 2. The molecule has 0 bridgehead atoms. The SMILES string of the molecule is CC(=O)O[C@@H]1[C@@H](OC(=O)OC(C)(C)C)CN[C@@H]1Cc1ccc(OC(F)F)cc1. The van der Waals surface area contributed by atoms with Crippen LogP contribution in [-0.4, -0.2) is 49.1 Å². The Morgan fingerprint density at radius 3 is 2.36 bits per heavy atom. The van der Waals surface area contributed by atoms with Crippen LogP contribution in [0.1, 0.15) is 33.3 Å². The van der Waals surface area contributed by atoms with Gasteiger partial charge in [0.15, 0.2) is 12.2 Å². The molecular weight excluding hydrogens is 376 g/mol. The maximum Gasteiger partial charge on any atom is 0.509 e. The Morgan fingerprint density at radius 1 is 1.18 bits per heavy atom. The zero-order chi connectivity index (χ0) is 20.9. The summed E-state index contributed by atoms with van der Waals surface area (Å²) in [7, 11) is 0. The van der Waals surface area contributed by atoms with Gasteiger partial charge in [0.05, 0.1) is 6.04 Å². The molecule has 1 aliphatic rings. The molecule has 0 amide bonds. The fourth-order valence-corrected chi connectivity index (χ4v) is 2.86. The Morgan fingerprint density at radius 2 is 1.82 bits per heavy atom. The Kier molecular flexibility index (Phi) is 7.17. The van der Waals surface area contributed by atoms with E-state index in [1.54, 1.807) is 32.9 Å². The molecule has 28 heavy (non-hydrogen) atoms. The lowest BCUT2D eigenvalue weighted by Crippen LogP contribution is -2.40. The van der Waals surface area contributed by atoms with Crippen LogP contribution in [0.25, 0.3) is 0 Å². The lowest BCUT2D eigenvalue weighted by atomic mass is 10.0. The summed E-state index contributed by atoms with van der Waals surface area (Å²) in [5, 5.41) is 3.16. The zero-order valence-electron chi connectivity index (χ0n) is 16.2. The van der Waals surface area contributed by atoms with Crippen molar-refractivity contribution in [3.05, 3.63) is 29.8 Å². The smallest absolute Gasteiger partial charge is 0.457 e. The van der Waals surface area contributed by atoms with Gasteiger partial charge in [0.2, 0.25) is 0 Å². The van der Waals surface area contributed by atoms with Crippen LogP contribution in [0.2, 0.25) is 0 Å². The van der Waals surface area contributed by atoms with Gasteiger partial charge in [0.25, 0.3) is 0 Å². The molecule has 9 heteroatoms. The first-order valence-electron chi connectivity index (χ1n) is 8.87. The van der Waals surface area contributed by atoms with Gasteiger partial charge in [-0.1, -0.05) is 12.1 Å². The van der Waals surface area contributed by atoms with Crippen LogP contribution in [0.15, 0.2) is 24.3 Å². The van der Waals surface area contributed by atoms with Gasteiger partial charge in [0.1, 0.15) is 11.4 Å². The van der Waals surface area contributed by atoms with E-state index in [0.29, 0.717) is 6.42 Å². The molecule has 0 aliphatic carbocycles. The predicted octanol–water partition coefficient (Wildman–Crippen LogP) is 3.05. The Bertz CT molecular complexity index is 674. The summed E-state index contributed by atoms with van der Waals surface area (Å²) >= 11 is 0. The van der Waals surface area contributed by atoms with E-state index in [-0.39, 0.29) is 18.3 Å². The number of alkyl halides is 2.